The summed E-state index contributed by atoms with van der Waals surface area (Å²) in [5.41, 5.74) is -0.455. The lowest BCUT2D eigenvalue weighted by Crippen LogP contribution is -2.47. The largest absolute Gasteiger partial charge is 0.481 e. The molecule has 0 amide bonds. The number of hydrogen-bond donors (Lipinski definition) is 2. The van der Waals surface area contributed by atoms with Crippen molar-refractivity contribution in [3.05, 3.63) is 0 Å². The minimum absolute atomic E-state index is 0.136. The number of rotatable bonds is 4. The van der Waals surface area contributed by atoms with Crippen LogP contribution < -0.4 is 5.32 Å². The highest BCUT2D eigenvalue weighted by Gasteiger charge is 2.24. The Labute approximate surface area is 79.5 Å². The third kappa shape index (κ3) is 3.95. The Bertz CT molecular complexity index is 228. The van der Waals surface area contributed by atoms with Gasteiger partial charge in [-0.2, -0.15) is 0 Å². The van der Waals surface area contributed by atoms with E-state index in [0.717, 1.165) is 0 Å². The summed E-state index contributed by atoms with van der Waals surface area (Å²) in [5.74, 6) is 1.31. The molecule has 0 fully saturated rings. The molecule has 2 N–H and O–H groups in total. The van der Waals surface area contributed by atoms with Gasteiger partial charge in [-0.05, 0) is 20.8 Å². The Morgan fingerprint density at radius 3 is 2.31 bits per heavy atom. The Hall–Kier alpha value is -1.01. The molecule has 3 nitrogen and oxygen atoms in total. The van der Waals surface area contributed by atoms with Crippen molar-refractivity contribution in [3.8, 4) is 12.3 Å². The molecule has 0 rings (SSSR count). The molecule has 0 aromatic heterocycles. The first kappa shape index (κ1) is 12.0. The molecule has 0 aromatic rings. The molecule has 0 bridgehead atoms. The third-order valence-corrected chi connectivity index (χ3v) is 2.09. The number of carbonyl (C=O) groups is 1. The first-order chi connectivity index (χ1) is 5.80. The van der Waals surface area contributed by atoms with Crippen LogP contribution in [0.5, 0.6) is 0 Å². The van der Waals surface area contributed by atoms with Gasteiger partial charge in [0.2, 0.25) is 0 Å². The second kappa shape index (κ2) is 4.29. The van der Waals surface area contributed by atoms with E-state index in [4.69, 9.17) is 11.5 Å². The smallest absolute Gasteiger partial charge is 0.307 e. The standard InChI is InChI=1S/C10H17NO2/c1-6-10(4,5)11-8(3)7(2)9(12)13/h1,7-8,11H,2-5H3,(H,12,13). The van der Waals surface area contributed by atoms with Crippen molar-refractivity contribution in [1.82, 2.24) is 5.32 Å². The molecular formula is C10H17NO2. The zero-order valence-electron chi connectivity index (χ0n) is 8.59. The van der Waals surface area contributed by atoms with Gasteiger partial charge in [0.1, 0.15) is 0 Å². The van der Waals surface area contributed by atoms with Crippen molar-refractivity contribution in [1.29, 1.82) is 0 Å². The van der Waals surface area contributed by atoms with E-state index < -0.39 is 17.4 Å². The number of terminal acetylenes is 1. The molecule has 0 aliphatic rings. The molecule has 3 heteroatoms. The van der Waals surface area contributed by atoms with Gasteiger partial charge in [-0.1, -0.05) is 12.8 Å². The zero-order valence-corrected chi connectivity index (χ0v) is 8.59. The van der Waals surface area contributed by atoms with E-state index in [1.807, 2.05) is 20.8 Å². The Morgan fingerprint density at radius 2 is 2.00 bits per heavy atom. The topological polar surface area (TPSA) is 49.3 Å². The molecule has 0 aromatic carbocycles. The lowest BCUT2D eigenvalue weighted by molar-refractivity contribution is -0.142. The number of carboxylic acid groups (broad SMARTS) is 1. The van der Waals surface area contributed by atoms with E-state index in [1.165, 1.54) is 0 Å². The summed E-state index contributed by atoms with van der Waals surface area (Å²) in [4.78, 5) is 10.6. The summed E-state index contributed by atoms with van der Waals surface area (Å²) in [6, 6.07) is -0.136. The van der Waals surface area contributed by atoms with Crippen molar-refractivity contribution < 1.29 is 9.90 Å². The first-order valence-corrected chi connectivity index (χ1v) is 4.28. The highest BCUT2D eigenvalue weighted by molar-refractivity contribution is 5.70. The molecule has 0 aliphatic carbocycles. The fraction of sp³-hybridized carbons (Fsp3) is 0.700. The van der Waals surface area contributed by atoms with Gasteiger partial charge in [-0.15, -0.1) is 6.42 Å². The molecule has 13 heavy (non-hydrogen) atoms. The molecule has 0 saturated carbocycles. The van der Waals surface area contributed by atoms with Crippen LogP contribution >= 0.6 is 0 Å². The number of aliphatic carboxylic acids is 1. The first-order valence-electron chi connectivity index (χ1n) is 4.28. The van der Waals surface area contributed by atoms with Gasteiger partial charge in [0.25, 0.3) is 0 Å². The Balaban J connectivity index is 4.24. The predicted octanol–water partition coefficient (Wildman–Crippen LogP) is 1.10. The second-order valence-corrected chi connectivity index (χ2v) is 3.83. The second-order valence-electron chi connectivity index (χ2n) is 3.83. The van der Waals surface area contributed by atoms with E-state index in [-0.39, 0.29) is 6.04 Å². The van der Waals surface area contributed by atoms with Gasteiger partial charge in [-0.25, -0.2) is 0 Å². The van der Waals surface area contributed by atoms with Crippen molar-refractivity contribution in [2.45, 2.75) is 39.3 Å². The molecule has 74 valence electrons. The molecule has 0 heterocycles. The number of nitrogens with one attached hydrogen (secondary N) is 1. The Morgan fingerprint density at radius 1 is 1.54 bits per heavy atom. The Kier molecular flexibility index (Phi) is 3.96. The van der Waals surface area contributed by atoms with Crippen LogP contribution in [0.2, 0.25) is 0 Å². The van der Waals surface area contributed by atoms with Gasteiger partial charge in [0.05, 0.1) is 11.5 Å². The van der Waals surface area contributed by atoms with Crippen LogP contribution in [0.25, 0.3) is 0 Å². The molecule has 0 aliphatic heterocycles. The summed E-state index contributed by atoms with van der Waals surface area (Å²) < 4.78 is 0. The van der Waals surface area contributed by atoms with E-state index in [9.17, 15) is 4.79 Å². The summed E-state index contributed by atoms with van der Waals surface area (Å²) in [7, 11) is 0. The SMILES string of the molecule is C#CC(C)(C)NC(C)C(C)C(=O)O. The quantitative estimate of drug-likeness (QED) is 0.642. The van der Waals surface area contributed by atoms with Gasteiger partial charge in [0.15, 0.2) is 0 Å². The summed E-state index contributed by atoms with van der Waals surface area (Å²) >= 11 is 0. The van der Waals surface area contributed by atoms with E-state index in [0.29, 0.717) is 0 Å². The van der Waals surface area contributed by atoms with Crippen LogP contribution in [0.1, 0.15) is 27.7 Å². The van der Waals surface area contributed by atoms with Crippen molar-refractivity contribution in [2.75, 3.05) is 0 Å². The fourth-order valence-corrected chi connectivity index (χ4v) is 0.950. The van der Waals surface area contributed by atoms with Gasteiger partial charge >= 0.3 is 5.97 Å². The molecule has 2 unspecified atom stereocenters. The summed E-state index contributed by atoms with van der Waals surface area (Å²) in [6.07, 6.45) is 5.27. The summed E-state index contributed by atoms with van der Waals surface area (Å²) in [5, 5.41) is 11.8. The average molecular weight is 183 g/mol. The van der Waals surface area contributed by atoms with Crippen LogP contribution in [-0.2, 0) is 4.79 Å². The van der Waals surface area contributed by atoms with E-state index >= 15 is 0 Å². The molecule has 0 saturated heterocycles. The maximum absolute atomic E-state index is 10.6. The van der Waals surface area contributed by atoms with Crippen molar-refractivity contribution in [2.24, 2.45) is 5.92 Å². The highest BCUT2D eigenvalue weighted by atomic mass is 16.4. The summed E-state index contributed by atoms with van der Waals surface area (Å²) in [6.45, 7) is 7.17. The molecule has 0 radical (unpaired) electrons. The van der Waals surface area contributed by atoms with Crippen molar-refractivity contribution in [3.63, 3.8) is 0 Å². The highest BCUT2D eigenvalue weighted by Crippen LogP contribution is 2.08. The third-order valence-electron chi connectivity index (χ3n) is 2.09. The fourth-order valence-electron chi connectivity index (χ4n) is 0.950. The molecule has 2 atom stereocenters. The lowest BCUT2D eigenvalue weighted by Gasteiger charge is -2.27. The van der Waals surface area contributed by atoms with Gasteiger partial charge in [0, 0.05) is 6.04 Å². The maximum Gasteiger partial charge on any atom is 0.307 e. The van der Waals surface area contributed by atoms with Gasteiger partial charge in [-0.3, -0.25) is 10.1 Å². The van der Waals surface area contributed by atoms with Crippen LogP contribution in [0.4, 0.5) is 0 Å². The van der Waals surface area contributed by atoms with Gasteiger partial charge < -0.3 is 5.11 Å². The monoisotopic (exact) mass is 183 g/mol. The minimum atomic E-state index is -0.812. The molecule has 0 spiro atoms. The number of carboxylic acids is 1. The normalized spacial score (nSPS) is 15.9. The van der Waals surface area contributed by atoms with Crippen LogP contribution in [0.3, 0.4) is 0 Å². The average Bonchev–Trinajstić information content (AvgIpc) is 2.02. The number of hydrogen-bond acceptors (Lipinski definition) is 2. The molecular weight excluding hydrogens is 166 g/mol. The van der Waals surface area contributed by atoms with Crippen LogP contribution in [-0.4, -0.2) is 22.7 Å². The minimum Gasteiger partial charge on any atom is -0.481 e. The van der Waals surface area contributed by atoms with Crippen molar-refractivity contribution >= 4 is 5.97 Å². The van der Waals surface area contributed by atoms with Crippen LogP contribution in [0.15, 0.2) is 0 Å². The lowest BCUT2D eigenvalue weighted by atomic mass is 9.99. The van der Waals surface area contributed by atoms with Crippen LogP contribution in [0, 0.1) is 18.3 Å². The van der Waals surface area contributed by atoms with E-state index in [1.54, 1.807) is 6.92 Å². The van der Waals surface area contributed by atoms with E-state index in [2.05, 4.69) is 11.2 Å². The maximum atomic E-state index is 10.6. The predicted molar refractivity (Wildman–Crippen MR) is 52.3 cm³/mol. The zero-order chi connectivity index (χ0) is 10.6.